The summed E-state index contributed by atoms with van der Waals surface area (Å²) in [5.74, 6) is -0.0405. The Labute approximate surface area is 153 Å². The molecule has 4 N–H and O–H groups in total. The van der Waals surface area contributed by atoms with E-state index in [0.717, 1.165) is 5.69 Å². The predicted molar refractivity (Wildman–Crippen MR) is 101 cm³/mol. The van der Waals surface area contributed by atoms with Crippen LogP contribution in [0.5, 0.6) is 5.75 Å². The van der Waals surface area contributed by atoms with Crippen molar-refractivity contribution in [3.8, 4) is 5.75 Å². The lowest BCUT2D eigenvalue weighted by molar-refractivity contribution is -0.116. The highest BCUT2D eigenvalue weighted by Gasteiger charge is 2.16. The first-order chi connectivity index (χ1) is 12.4. The largest absolute Gasteiger partial charge is 0.508 e. The Morgan fingerprint density at radius 1 is 1.19 bits per heavy atom. The molecule has 2 atom stereocenters. The first kappa shape index (κ1) is 19.9. The number of phenols is 1. The Balaban J connectivity index is 1.94. The van der Waals surface area contributed by atoms with Crippen LogP contribution in [0.3, 0.4) is 0 Å². The van der Waals surface area contributed by atoms with E-state index >= 15 is 0 Å². The standard InChI is InChI=1S/C20H26N2O4/c1-14(12-22(15(2)24)18-6-4-3-5-7-18)21-11-20(26)16-8-9-19(25)17(10-16)13-23/h3-10,14,20-21,23,25-26H,11-13H2,1-2H3. The van der Waals surface area contributed by atoms with E-state index in [2.05, 4.69) is 5.32 Å². The fourth-order valence-corrected chi connectivity index (χ4v) is 2.73. The number of carbonyl (C=O) groups excluding carboxylic acids is 1. The van der Waals surface area contributed by atoms with Crippen LogP contribution >= 0.6 is 0 Å². The maximum atomic E-state index is 11.9. The van der Waals surface area contributed by atoms with Crippen molar-refractivity contribution >= 4 is 11.6 Å². The topological polar surface area (TPSA) is 93.0 Å². The van der Waals surface area contributed by atoms with Gasteiger partial charge in [0.15, 0.2) is 0 Å². The molecule has 0 radical (unpaired) electrons. The van der Waals surface area contributed by atoms with E-state index in [4.69, 9.17) is 0 Å². The summed E-state index contributed by atoms with van der Waals surface area (Å²) in [6.45, 7) is 3.95. The first-order valence-corrected chi connectivity index (χ1v) is 8.59. The summed E-state index contributed by atoms with van der Waals surface area (Å²) >= 11 is 0. The van der Waals surface area contributed by atoms with Gasteiger partial charge in [-0.2, -0.15) is 0 Å². The number of nitrogens with zero attached hydrogens (tertiary/aromatic N) is 1. The van der Waals surface area contributed by atoms with E-state index in [0.29, 0.717) is 17.7 Å². The summed E-state index contributed by atoms with van der Waals surface area (Å²) in [4.78, 5) is 13.6. The lowest BCUT2D eigenvalue weighted by Gasteiger charge is -2.26. The van der Waals surface area contributed by atoms with Gasteiger partial charge < -0.3 is 25.5 Å². The van der Waals surface area contributed by atoms with Crippen molar-refractivity contribution in [2.24, 2.45) is 0 Å². The minimum Gasteiger partial charge on any atom is -0.508 e. The predicted octanol–water partition coefficient (Wildman–Crippen LogP) is 1.95. The molecule has 0 aliphatic carbocycles. The van der Waals surface area contributed by atoms with Gasteiger partial charge in [0.05, 0.1) is 12.7 Å². The van der Waals surface area contributed by atoms with E-state index in [1.807, 2.05) is 37.3 Å². The zero-order chi connectivity index (χ0) is 19.1. The Morgan fingerprint density at radius 2 is 1.88 bits per heavy atom. The summed E-state index contributed by atoms with van der Waals surface area (Å²) in [7, 11) is 0. The average molecular weight is 358 g/mol. The molecule has 2 aromatic rings. The van der Waals surface area contributed by atoms with Crippen LogP contribution in [0.4, 0.5) is 5.69 Å². The molecule has 0 aromatic heterocycles. The lowest BCUT2D eigenvalue weighted by atomic mass is 10.1. The fraction of sp³-hybridized carbons (Fsp3) is 0.350. The zero-order valence-electron chi connectivity index (χ0n) is 15.1. The van der Waals surface area contributed by atoms with Gasteiger partial charge in [0.25, 0.3) is 0 Å². The quantitative estimate of drug-likeness (QED) is 0.579. The number of aliphatic hydroxyl groups is 2. The molecule has 0 saturated heterocycles. The molecule has 2 aromatic carbocycles. The van der Waals surface area contributed by atoms with E-state index in [1.54, 1.807) is 17.0 Å². The Kier molecular flexibility index (Phi) is 7.15. The zero-order valence-corrected chi connectivity index (χ0v) is 15.1. The molecule has 2 unspecified atom stereocenters. The molecular weight excluding hydrogens is 332 g/mol. The van der Waals surface area contributed by atoms with E-state index in [1.165, 1.54) is 13.0 Å². The molecule has 140 valence electrons. The molecule has 6 heteroatoms. The summed E-state index contributed by atoms with van der Waals surface area (Å²) in [5, 5.41) is 32.4. The summed E-state index contributed by atoms with van der Waals surface area (Å²) in [6.07, 6.45) is -0.786. The van der Waals surface area contributed by atoms with Crippen LogP contribution in [0.25, 0.3) is 0 Å². The van der Waals surface area contributed by atoms with Gasteiger partial charge in [-0.3, -0.25) is 4.79 Å². The number of benzene rings is 2. The Morgan fingerprint density at radius 3 is 2.50 bits per heavy atom. The molecule has 0 spiro atoms. The molecular formula is C20H26N2O4. The number of para-hydroxylation sites is 1. The van der Waals surface area contributed by atoms with Crippen molar-refractivity contribution in [2.45, 2.75) is 32.6 Å². The average Bonchev–Trinajstić information content (AvgIpc) is 2.65. The number of nitrogens with one attached hydrogen (secondary N) is 1. The fourth-order valence-electron chi connectivity index (χ4n) is 2.73. The SMILES string of the molecule is CC(=O)N(CC(C)NCC(O)c1ccc(O)c(CO)c1)c1ccccc1. The van der Waals surface area contributed by atoms with E-state index in [-0.39, 0.29) is 30.9 Å². The van der Waals surface area contributed by atoms with Crippen LogP contribution in [0.1, 0.15) is 31.1 Å². The van der Waals surface area contributed by atoms with Gasteiger partial charge in [-0.05, 0) is 36.8 Å². The van der Waals surface area contributed by atoms with Crippen molar-refractivity contribution in [1.29, 1.82) is 0 Å². The van der Waals surface area contributed by atoms with Crippen LogP contribution in [0, 0.1) is 0 Å². The normalized spacial score (nSPS) is 13.2. The highest BCUT2D eigenvalue weighted by atomic mass is 16.3. The molecule has 0 saturated carbocycles. The summed E-state index contributed by atoms with van der Waals surface area (Å²) < 4.78 is 0. The van der Waals surface area contributed by atoms with Gasteiger partial charge in [-0.25, -0.2) is 0 Å². The van der Waals surface area contributed by atoms with Crippen LogP contribution in [0.2, 0.25) is 0 Å². The van der Waals surface area contributed by atoms with Crippen LogP contribution in [-0.2, 0) is 11.4 Å². The third kappa shape index (κ3) is 5.29. The van der Waals surface area contributed by atoms with Crippen LogP contribution in [0.15, 0.2) is 48.5 Å². The molecule has 0 heterocycles. The van der Waals surface area contributed by atoms with E-state index in [9.17, 15) is 20.1 Å². The molecule has 1 amide bonds. The number of amides is 1. The summed E-state index contributed by atoms with van der Waals surface area (Å²) in [5.41, 5.74) is 1.82. The van der Waals surface area contributed by atoms with Crippen LogP contribution in [-0.4, -0.2) is 40.4 Å². The van der Waals surface area contributed by atoms with Crippen molar-refractivity contribution in [3.05, 3.63) is 59.7 Å². The second-order valence-electron chi connectivity index (χ2n) is 6.34. The third-order valence-corrected chi connectivity index (χ3v) is 4.22. The second kappa shape index (κ2) is 9.33. The minimum absolute atomic E-state index is 0.00439. The molecule has 26 heavy (non-hydrogen) atoms. The van der Waals surface area contributed by atoms with Crippen molar-refractivity contribution in [1.82, 2.24) is 5.32 Å². The highest BCUT2D eigenvalue weighted by Crippen LogP contribution is 2.22. The van der Waals surface area contributed by atoms with Gasteiger partial charge in [0.2, 0.25) is 5.91 Å². The lowest BCUT2D eigenvalue weighted by Crippen LogP contribution is -2.42. The van der Waals surface area contributed by atoms with Gasteiger partial charge in [-0.15, -0.1) is 0 Å². The molecule has 6 nitrogen and oxygen atoms in total. The van der Waals surface area contributed by atoms with Gasteiger partial charge in [0, 0.05) is 37.3 Å². The summed E-state index contributed by atoms with van der Waals surface area (Å²) in [6, 6.07) is 14.1. The number of aromatic hydroxyl groups is 1. The minimum atomic E-state index is -0.786. The number of hydrogen-bond acceptors (Lipinski definition) is 5. The molecule has 0 aliphatic heterocycles. The van der Waals surface area contributed by atoms with Crippen molar-refractivity contribution in [2.75, 3.05) is 18.0 Å². The van der Waals surface area contributed by atoms with Crippen molar-refractivity contribution in [3.63, 3.8) is 0 Å². The maximum absolute atomic E-state index is 11.9. The Bertz CT molecular complexity index is 721. The molecule has 0 bridgehead atoms. The maximum Gasteiger partial charge on any atom is 0.223 e. The van der Waals surface area contributed by atoms with Gasteiger partial charge >= 0.3 is 0 Å². The van der Waals surface area contributed by atoms with Gasteiger partial charge in [0.1, 0.15) is 5.75 Å². The van der Waals surface area contributed by atoms with Gasteiger partial charge in [-0.1, -0.05) is 24.3 Å². The Hall–Kier alpha value is -2.41. The molecule has 0 fully saturated rings. The van der Waals surface area contributed by atoms with Crippen LogP contribution < -0.4 is 10.2 Å². The third-order valence-electron chi connectivity index (χ3n) is 4.22. The number of rotatable bonds is 8. The smallest absolute Gasteiger partial charge is 0.223 e. The number of aliphatic hydroxyl groups excluding tert-OH is 2. The van der Waals surface area contributed by atoms with Crippen molar-refractivity contribution < 1.29 is 20.1 Å². The second-order valence-corrected chi connectivity index (χ2v) is 6.34. The molecule has 2 rings (SSSR count). The highest BCUT2D eigenvalue weighted by molar-refractivity contribution is 5.91. The first-order valence-electron chi connectivity index (χ1n) is 8.59. The number of hydrogen-bond donors (Lipinski definition) is 4. The monoisotopic (exact) mass is 358 g/mol. The molecule has 0 aliphatic rings. The number of carbonyl (C=O) groups is 1. The number of anilines is 1. The van der Waals surface area contributed by atoms with E-state index < -0.39 is 6.10 Å².